The van der Waals surface area contributed by atoms with Gasteiger partial charge in [-0.15, -0.1) is 0 Å². The molecule has 0 unspecified atom stereocenters. The Morgan fingerprint density at radius 1 is 1.38 bits per heavy atom. The van der Waals surface area contributed by atoms with Crippen molar-refractivity contribution in [3.05, 3.63) is 29.8 Å². The number of anilines is 1. The van der Waals surface area contributed by atoms with Crippen LogP contribution in [0.4, 0.5) is 5.69 Å². The van der Waals surface area contributed by atoms with Crippen LogP contribution in [0.25, 0.3) is 0 Å². The van der Waals surface area contributed by atoms with Gasteiger partial charge in [-0.1, -0.05) is 23.9 Å². The monoisotopic (exact) mass is 195 g/mol. The lowest BCUT2D eigenvalue weighted by atomic mass is 10.2. The first-order chi connectivity index (χ1) is 6.15. The van der Waals surface area contributed by atoms with E-state index in [1.54, 1.807) is 6.26 Å². The molecule has 0 spiro atoms. The van der Waals surface area contributed by atoms with Crippen molar-refractivity contribution in [2.75, 3.05) is 25.3 Å². The number of carbonyl (C=O) groups is 1. The maximum Gasteiger partial charge on any atom is 0.219 e. The molecule has 1 rings (SSSR count). The molecule has 1 aromatic carbocycles. The number of hydrogen-bond donors (Lipinski definition) is 0. The minimum atomic E-state index is 0.115. The third-order valence-corrected chi connectivity index (χ3v) is 2.39. The van der Waals surface area contributed by atoms with Crippen molar-refractivity contribution in [1.29, 1.82) is 0 Å². The molecular formula is C10H13NOS. The van der Waals surface area contributed by atoms with Gasteiger partial charge in [0.15, 0.2) is 0 Å². The molecule has 0 aliphatic rings. The number of thioether (sulfide) groups is 1. The molecule has 0 saturated carbocycles. The van der Waals surface area contributed by atoms with E-state index in [-0.39, 0.29) is 5.12 Å². The highest BCUT2D eigenvalue weighted by Crippen LogP contribution is 2.16. The summed E-state index contributed by atoms with van der Waals surface area (Å²) in [6.45, 7) is 0. The molecule has 0 aliphatic carbocycles. The summed E-state index contributed by atoms with van der Waals surface area (Å²) < 4.78 is 0. The first-order valence-corrected chi connectivity index (χ1v) is 5.23. The predicted octanol–water partition coefficient (Wildman–Crippen LogP) is 2.26. The smallest absolute Gasteiger partial charge is 0.219 e. The molecule has 0 radical (unpaired) electrons. The van der Waals surface area contributed by atoms with E-state index >= 15 is 0 Å². The molecule has 0 atom stereocenters. The van der Waals surface area contributed by atoms with Crippen molar-refractivity contribution >= 4 is 22.6 Å². The minimum Gasteiger partial charge on any atom is -0.378 e. The van der Waals surface area contributed by atoms with Crippen molar-refractivity contribution < 1.29 is 4.79 Å². The molecule has 0 N–H and O–H groups in total. The van der Waals surface area contributed by atoms with Crippen molar-refractivity contribution in [2.24, 2.45) is 0 Å². The lowest BCUT2D eigenvalue weighted by molar-refractivity contribution is 0.108. The number of nitrogens with zero attached hydrogens (tertiary/aromatic N) is 1. The Morgan fingerprint density at radius 3 is 2.62 bits per heavy atom. The van der Waals surface area contributed by atoms with Gasteiger partial charge in [0.2, 0.25) is 5.12 Å². The van der Waals surface area contributed by atoms with Gasteiger partial charge in [0.25, 0.3) is 0 Å². The summed E-state index contributed by atoms with van der Waals surface area (Å²) in [5.41, 5.74) is 1.82. The van der Waals surface area contributed by atoms with Gasteiger partial charge in [-0.05, 0) is 18.4 Å². The molecule has 70 valence electrons. The maximum absolute atomic E-state index is 11.3. The van der Waals surface area contributed by atoms with Crippen molar-refractivity contribution in [1.82, 2.24) is 0 Å². The van der Waals surface area contributed by atoms with E-state index in [0.717, 1.165) is 11.3 Å². The van der Waals surface area contributed by atoms with Gasteiger partial charge in [-0.25, -0.2) is 0 Å². The quantitative estimate of drug-likeness (QED) is 0.722. The topological polar surface area (TPSA) is 20.3 Å². The number of carbonyl (C=O) groups excluding carboxylic acids is 1. The SMILES string of the molecule is CSC(=O)c1cccc(N(C)C)c1. The highest BCUT2D eigenvalue weighted by Gasteiger charge is 2.04. The fourth-order valence-electron chi connectivity index (χ4n) is 1.03. The van der Waals surface area contributed by atoms with Gasteiger partial charge in [0, 0.05) is 25.3 Å². The Labute approximate surface area is 82.9 Å². The molecular weight excluding hydrogens is 182 g/mol. The lowest BCUT2D eigenvalue weighted by Gasteiger charge is -2.12. The van der Waals surface area contributed by atoms with Gasteiger partial charge in [0.1, 0.15) is 0 Å². The van der Waals surface area contributed by atoms with Gasteiger partial charge >= 0.3 is 0 Å². The Balaban J connectivity index is 2.98. The molecule has 0 aliphatic heterocycles. The van der Waals surface area contributed by atoms with Crippen LogP contribution in [0.5, 0.6) is 0 Å². The van der Waals surface area contributed by atoms with Crippen LogP contribution in [0, 0.1) is 0 Å². The summed E-state index contributed by atoms with van der Waals surface area (Å²) >= 11 is 1.24. The number of benzene rings is 1. The van der Waals surface area contributed by atoms with E-state index in [2.05, 4.69) is 0 Å². The van der Waals surface area contributed by atoms with Crippen LogP contribution in [0.2, 0.25) is 0 Å². The van der Waals surface area contributed by atoms with Crippen molar-refractivity contribution in [3.8, 4) is 0 Å². The molecule has 2 nitrogen and oxygen atoms in total. The van der Waals surface area contributed by atoms with Crippen molar-refractivity contribution in [2.45, 2.75) is 0 Å². The summed E-state index contributed by atoms with van der Waals surface area (Å²) in [5, 5.41) is 0.115. The first kappa shape index (κ1) is 10.1. The van der Waals surface area contributed by atoms with E-state index in [1.165, 1.54) is 11.8 Å². The summed E-state index contributed by atoms with van der Waals surface area (Å²) in [6.07, 6.45) is 1.80. The Kier molecular flexibility index (Phi) is 3.37. The average Bonchev–Trinajstić information content (AvgIpc) is 2.17. The summed E-state index contributed by atoms with van der Waals surface area (Å²) in [4.78, 5) is 13.3. The second-order valence-corrected chi connectivity index (χ2v) is 3.72. The first-order valence-electron chi connectivity index (χ1n) is 4.01. The van der Waals surface area contributed by atoms with E-state index in [0.29, 0.717) is 0 Å². The molecule has 0 bridgehead atoms. The molecule has 1 aromatic rings. The Morgan fingerprint density at radius 2 is 2.08 bits per heavy atom. The zero-order valence-electron chi connectivity index (χ0n) is 8.07. The molecule has 0 saturated heterocycles. The summed E-state index contributed by atoms with van der Waals surface area (Å²) in [6, 6.07) is 7.63. The highest BCUT2D eigenvalue weighted by atomic mass is 32.2. The van der Waals surface area contributed by atoms with Gasteiger partial charge in [-0.2, -0.15) is 0 Å². The standard InChI is InChI=1S/C10H13NOS/c1-11(2)9-6-4-5-8(7-9)10(12)13-3/h4-7H,1-3H3. The second kappa shape index (κ2) is 4.33. The lowest BCUT2D eigenvalue weighted by Crippen LogP contribution is -2.09. The van der Waals surface area contributed by atoms with E-state index < -0.39 is 0 Å². The molecule has 13 heavy (non-hydrogen) atoms. The third-order valence-electron chi connectivity index (χ3n) is 1.78. The predicted molar refractivity (Wildman–Crippen MR) is 58.6 cm³/mol. The molecule has 0 fully saturated rings. The van der Waals surface area contributed by atoms with Crippen LogP contribution < -0.4 is 4.90 Å². The zero-order chi connectivity index (χ0) is 9.84. The highest BCUT2D eigenvalue weighted by molar-refractivity contribution is 8.13. The van der Waals surface area contributed by atoms with Crippen LogP contribution in [-0.2, 0) is 0 Å². The van der Waals surface area contributed by atoms with Crippen LogP contribution >= 0.6 is 11.8 Å². The zero-order valence-corrected chi connectivity index (χ0v) is 8.89. The molecule has 0 heterocycles. The van der Waals surface area contributed by atoms with Crippen LogP contribution in [0.3, 0.4) is 0 Å². The summed E-state index contributed by atoms with van der Waals surface area (Å²) in [7, 11) is 3.92. The molecule has 0 amide bonds. The number of rotatable bonds is 2. The minimum absolute atomic E-state index is 0.115. The van der Waals surface area contributed by atoms with E-state index in [4.69, 9.17) is 0 Å². The van der Waals surface area contributed by atoms with E-state index in [9.17, 15) is 4.79 Å². The van der Waals surface area contributed by atoms with Gasteiger partial charge in [0.05, 0.1) is 0 Å². The molecule has 0 aromatic heterocycles. The maximum atomic E-state index is 11.3. The van der Waals surface area contributed by atoms with Crippen LogP contribution in [0.15, 0.2) is 24.3 Å². The molecule has 3 heteroatoms. The Hall–Kier alpha value is -0.960. The fourth-order valence-corrected chi connectivity index (χ4v) is 1.39. The summed E-state index contributed by atoms with van der Waals surface area (Å²) in [5.74, 6) is 0. The van der Waals surface area contributed by atoms with E-state index in [1.807, 2.05) is 43.3 Å². The second-order valence-electron chi connectivity index (χ2n) is 2.94. The van der Waals surface area contributed by atoms with Crippen LogP contribution in [-0.4, -0.2) is 25.5 Å². The van der Waals surface area contributed by atoms with Crippen molar-refractivity contribution in [3.63, 3.8) is 0 Å². The largest absolute Gasteiger partial charge is 0.378 e. The van der Waals surface area contributed by atoms with Crippen LogP contribution in [0.1, 0.15) is 10.4 Å². The Bertz CT molecular complexity index is 310. The normalized spacial score (nSPS) is 9.77. The third kappa shape index (κ3) is 2.49. The fraction of sp³-hybridized carbons (Fsp3) is 0.300. The average molecular weight is 195 g/mol. The number of hydrogen-bond acceptors (Lipinski definition) is 3. The van der Waals surface area contributed by atoms with Gasteiger partial charge < -0.3 is 4.90 Å². The van der Waals surface area contributed by atoms with Gasteiger partial charge in [-0.3, -0.25) is 4.79 Å².